The summed E-state index contributed by atoms with van der Waals surface area (Å²) in [6.45, 7) is 10.9. The Bertz CT molecular complexity index is 226. The Morgan fingerprint density at radius 3 is 2.29 bits per heavy atom. The minimum atomic E-state index is -0.598. The lowest BCUT2D eigenvalue weighted by molar-refractivity contribution is 0.0686. The number of piperidine rings is 2. The molecule has 0 radical (unpaired) electrons. The molecular weight excluding hydrogens is 215 g/mol. The van der Waals surface area contributed by atoms with E-state index >= 15 is 0 Å². The fourth-order valence-corrected chi connectivity index (χ4v) is 3.10. The van der Waals surface area contributed by atoms with Gasteiger partial charge in [-0.25, -0.2) is 4.39 Å². The van der Waals surface area contributed by atoms with Gasteiger partial charge in [-0.15, -0.1) is 0 Å². The van der Waals surface area contributed by atoms with Crippen LogP contribution < -0.4 is 0 Å². The van der Waals surface area contributed by atoms with Crippen molar-refractivity contribution < 1.29 is 4.39 Å². The molecule has 2 atom stereocenters. The SMILES string of the molecule is CCN1CCC(CN2CC[C@H](C)[C@@H](F)C2)CC1. The average Bonchev–Trinajstić information content (AvgIpc) is 2.35. The third kappa shape index (κ3) is 3.65. The summed E-state index contributed by atoms with van der Waals surface area (Å²) in [6.07, 6.45) is 3.04. The van der Waals surface area contributed by atoms with Crippen LogP contribution in [0, 0.1) is 11.8 Å². The molecule has 2 aliphatic heterocycles. The Balaban J connectivity index is 1.71. The molecule has 0 aromatic carbocycles. The Hall–Kier alpha value is -0.150. The zero-order valence-corrected chi connectivity index (χ0v) is 11.4. The van der Waals surface area contributed by atoms with Crippen molar-refractivity contribution in [3.63, 3.8) is 0 Å². The van der Waals surface area contributed by atoms with Crippen molar-refractivity contribution in [3.8, 4) is 0 Å². The first kappa shape index (κ1) is 13.3. The fourth-order valence-electron chi connectivity index (χ4n) is 3.10. The second-order valence-electron chi connectivity index (χ2n) is 5.92. The molecule has 2 fully saturated rings. The third-order valence-electron chi connectivity index (χ3n) is 4.62. The van der Waals surface area contributed by atoms with E-state index in [-0.39, 0.29) is 5.92 Å². The average molecular weight is 242 g/mol. The molecule has 0 spiro atoms. The highest BCUT2D eigenvalue weighted by Gasteiger charge is 2.28. The molecule has 0 aromatic rings. The number of hydrogen-bond donors (Lipinski definition) is 0. The maximum atomic E-state index is 13.6. The Morgan fingerprint density at radius 1 is 1.06 bits per heavy atom. The smallest absolute Gasteiger partial charge is 0.115 e. The van der Waals surface area contributed by atoms with Crippen LogP contribution in [0.1, 0.15) is 33.1 Å². The summed E-state index contributed by atoms with van der Waals surface area (Å²) >= 11 is 0. The molecule has 100 valence electrons. The van der Waals surface area contributed by atoms with Crippen LogP contribution >= 0.6 is 0 Å². The van der Waals surface area contributed by atoms with Gasteiger partial charge in [-0.1, -0.05) is 13.8 Å². The second kappa shape index (κ2) is 6.14. The van der Waals surface area contributed by atoms with Gasteiger partial charge in [-0.05, 0) is 57.3 Å². The minimum Gasteiger partial charge on any atom is -0.304 e. The van der Waals surface area contributed by atoms with Crippen LogP contribution in [0.2, 0.25) is 0 Å². The molecule has 0 unspecified atom stereocenters. The lowest BCUT2D eigenvalue weighted by Crippen LogP contribution is -2.45. The molecule has 3 heteroatoms. The predicted octanol–water partition coefficient (Wildman–Crippen LogP) is 2.40. The van der Waals surface area contributed by atoms with Crippen LogP contribution in [-0.2, 0) is 0 Å². The zero-order chi connectivity index (χ0) is 12.3. The molecule has 2 saturated heterocycles. The van der Waals surface area contributed by atoms with Gasteiger partial charge in [-0.2, -0.15) is 0 Å². The predicted molar refractivity (Wildman–Crippen MR) is 70.0 cm³/mol. The van der Waals surface area contributed by atoms with E-state index in [1.54, 1.807) is 0 Å². The summed E-state index contributed by atoms with van der Waals surface area (Å²) in [4.78, 5) is 4.88. The summed E-state index contributed by atoms with van der Waals surface area (Å²) in [6, 6.07) is 0. The van der Waals surface area contributed by atoms with E-state index in [0.29, 0.717) is 6.54 Å². The van der Waals surface area contributed by atoms with Crippen molar-refractivity contribution in [2.75, 3.05) is 39.3 Å². The second-order valence-corrected chi connectivity index (χ2v) is 5.92. The van der Waals surface area contributed by atoms with E-state index in [9.17, 15) is 4.39 Å². The molecule has 2 rings (SSSR count). The van der Waals surface area contributed by atoms with Crippen LogP contribution in [0.5, 0.6) is 0 Å². The van der Waals surface area contributed by atoms with Gasteiger partial charge in [0, 0.05) is 13.1 Å². The quantitative estimate of drug-likeness (QED) is 0.750. The van der Waals surface area contributed by atoms with Gasteiger partial charge in [0.2, 0.25) is 0 Å². The van der Waals surface area contributed by atoms with Gasteiger partial charge in [0.25, 0.3) is 0 Å². The molecular formula is C14H27FN2. The summed E-state index contributed by atoms with van der Waals surface area (Å²) in [5, 5.41) is 0. The van der Waals surface area contributed by atoms with Gasteiger partial charge in [0.05, 0.1) is 0 Å². The van der Waals surface area contributed by atoms with Crippen LogP contribution in [0.15, 0.2) is 0 Å². The lowest BCUT2D eigenvalue weighted by Gasteiger charge is -2.38. The monoisotopic (exact) mass is 242 g/mol. The number of nitrogens with zero attached hydrogens (tertiary/aromatic N) is 2. The summed E-state index contributed by atoms with van der Waals surface area (Å²) in [7, 11) is 0. The first-order valence-electron chi connectivity index (χ1n) is 7.27. The summed E-state index contributed by atoms with van der Waals surface area (Å²) in [5.74, 6) is 1.08. The van der Waals surface area contributed by atoms with Gasteiger partial charge < -0.3 is 9.80 Å². The highest BCUT2D eigenvalue weighted by atomic mass is 19.1. The van der Waals surface area contributed by atoms with Crippen molar-refractivity contribution in [1.29, 1.82) is 0 Å². The van der Waals surface area contributed by atoms with Crippen LogP contribution in [-0.4, -0.2) is 55.2 Å². The van der Waals surface area contributed by atoms with E-state index in [1.807, 2.05) is 6.92 Å². The summed E-state index contributed by atoms with van der Waals surface area (Å²) in [5.41, 5.74) is 0. The molecule has 0 N–H and O–H groups in total. The van der Waals surface area contributed by atoms with E-state index in [0.717, 1.165) is 25.4 Å². The van der Waals surface area contributed by atoms with Gasteiger partial charge in [-0.3, -0.25) is 0 Å². The normalized spacial score (nSPS) is 34.1. The molecule has 0 aromatic heterocycles. The van der Waals surface area contributed by atoms with Crippen molar-refractivity contribution in [3.05, 3.63) is 0 Å². The highest BCUT2D eigenvalue weighted by Crippen LogP contribution is 2.23. The maximum Gasteiger partial charge on any atom is 0.115 e. The highest BCUT2D eigenvalue weighted by molar-refractivity contribution is 4.81. The molecule has 2 nitrogen and oxygen atoms in total. The van der Waals surface area contributed by atoms with Crippen LogP contribution in [0.4, 0.5) is 4.39 Å². The van der Waals surface area contributed by atoms with E-state index < -0.39 is 6.17 Å². The topological polar surface area (TPSA) is 6.48 Å². The number of hydrogen-bond acceptors (Lipinski definition) is 2. The van der Waals surface area contributed by atoms with Crippen LogP contribution in [0.3, 0.4) is 0 Å². The lowest BCUT2D eigenvalue weighted by atomic mass is 9.93. The van der Waals surface area contributed by atoms with Gasteiger partial charge >= 0.3 is 0 Å². The molecule has 0 amide bonds. The minimum absolute atomic E-state index is 0.271. The van der Waals surface area contributed by atoms with Crippen LogP contribution in [0.25, 0.3) is 0 Å². The number of rotatable bonds is 3. The Kier molecular flexibility index (Phi) is 4.80. The molecule has 2 aliphatic rings. The standard InChI is InChI=1S/C14H27FN2/c1-3-16-8-5-13(6-9-16)10-17-7-4-12(2)14(15)11-17/h12-14H,3-11H2,1-2H3/t12-,14-/m0/s1. The Labute approximate surface area is 105 Å². The molecule has 0 bridgehead atoms. The van der Waals surface area contributed by atoms with Crippen molar-refractivity contribution in [1.82, 2.24) is 9.80 Å². The largest absolute Gasteiger partial charge is 0.304 e. The van der Waals surface area contributed by atoms with Crippen molar-refractivity contribution in [2.24, 2.45) is 11.8 Å². The fraction of sp³-hybridized carbons (Fsp3) is 1.00. The number of likely N-dealkylation sites (tertiary alicyclic amines) is 2. The van der Waals surface area contributed by atoms with E-state index in [1.165, 1.54) is 32.5 Å². The maximum absolute atomic E-state index is 13.6. The number of halogens is 1. The first-order chi connectivity index (χ1) is 8.19. The number of alkyl halides is 1. The Morgan fingerprint density at radius 2 is 1.71 bits per heavy atom. The molecule has 0 aliphatic carbocycles. The van der Waals surface area contributed by atoms with E-state index in [2.05, 4.69) is 16.7 Å². The molecule has 2 heterocycles. The zero-order valence-electron chi connectivity index (χ0n) is 11.4. The molecule has 0 saturated carbocycles. The van der Waals surface area contributed by atoms with Crippen molar-refractivity contribution in [2.45, 2.75) is 39.3 Å². The van der Waals surface area contributed by atoms with Gasteiger partial charge in [0.15, 0.2) is 0 Å². The summed E-state index contributed by atoms with van der Waals surface area (Å²) < 4.78 is 13.6. The third-order valence-corrected chi connectivity index (χ3v) is 4.62. The first-order valence-corrected chi connectivity index (χ1v) is 7.27. The van der Waals surface area contributed by atoms with Gasteiger partial charge in [0.1, 0.15) is 6.17 Å². The molecule has 17 heavy (non-hydrogen) atoms. The van der Waals surface area contributed by atoms with Crippen molar-refractivity contribution >= 4 is 0 Å². The van der Waals surface area contributed by atoms with E-state index in [4.69, 9.17) is 0 Å².